The molecule has 0 aromatic heterocycles. The number of aliphatic hydroxyl groups excluding tert-OH is 1. The molecule has 3 aliphatic heterocycles. The zero-order valence-electron chi connectivity index (χ0n) is 26.6. The molecule has 1 aromatic rings. The summed E-state index contributed by atoms with van der Waals surface area (Å²) in [6.45, 7) is 9.96. The lowest BCUT2D eigenvalue weighted by Crippen LogP contribution is -2.48. The van der Waals surface area contributed by atoms with Crippen molar-refractivity contribution < 1.29 is 42.1 Å². The molecule has 1 amide bonds. The van der Waals surface area contributed by atoms with Gasteiger partial charge in [0.25, 0.3) is 0 Å². The van der Waals surface area contributed by atoms with Crippen molar-refractivity contribution in [3.8, 4) is 0 Å². The van der Waals surface area contributed by atoms with Crippen LogP contribution in [0.5, 0.6) is 0 Å². The van der Waals surface area contributed by atoms with E-state index in [2.05, 4.69) is 4.90 Å². The van der Waals surface area contributed by atoms with Gasteiger partial charge in [0.05, 0.1) is 31.3 Å². The topological polar surface area (TPSA) is 91.8 Å². The summed E-state index contributed by atoms with van der Waals surface area (Å²) in [6.07, 6.45) is -1.44. The summed E-state index contributed by atoms with van der Waals surface area (Å²) < 4.78 is 58.9. The number of ether oxygens (including phenoxy) is 3. The summed E-state index contributed by atoms with van der Waals surface area (Å²) in [7, 11) is 2.00. The van der Waals surface area contributed by atoms with Gasteiger partial charge in [-0.2, -0.15) is 13.2 Å². The molecular formula is C33H46F3N3O6. The maximum absolute atomic E-state index is 13.9. The Morgan fingerprint density at radius 3 is 2.38 bits per heavy atom. The number of benzene rings is 1. The summed E-state index contributed by atoms with van der Waals surface area (Å²) in [5, 5.41) is 10.6. The monoisotopic (exact) mass is 637 g/mol. The number of hydrogen-bond donors (Lipinski definition) is 1. The van der Waals surface area contributed by atoms with Crippen LogP contribution in [0.15, 0.2) is 35.9 Å². The number of rotatable bonds is 4. The van der Waals surface area contributed by atoms with Crippen molar-refractivity contribution in [2.45, 2.75) is 64.5 Å². The van der Waals surface area contributed by atoms with E-state index < -0.39 is 48.0 Å². The number of esters is 1. The molecule has 12 heteroatoms. The third-order valence-corrected chi connectivity index (χ3v) is 8.74. The number of carbonyl (C=O) groups excluding carboxylic acids is 2. The molecule has 250 valence electrons. The van der Waals surface area contributed by atoms with Gasteiger partial charge >= 0.3 is 18.2 Å². The van der Waals surface area contributed by atoms with Crippen LogP contribution in [0, 0.1) is 11.8 Å². The zero-order chi connectivity index (χ0) is 32.7. The molecule has 1 aromatic carbocycles. The van der Waals surface area contributed by atoms with E-state index in [-0.39, 0.29) is 12.3 Å². The molecule has 3 heterocycles. The SMILES string of the molecule is C/C(=C\c1cc(N2CCOCC2)cc(C(F)(F)F)c1)[C@H]1OC(=O)C[C@H](O)CC[C@H](C)[C@H](OC(=O)N2CCN(C)CC2)/C=C/[C@@H]1C. The molecular weight excluding hydrogens is 591 g/mol. The van der Waals surface area contributed by atoms with Crippen LogP contribution in [-0.4, -0.2) is 105 Å². The third kappa shape index (κ3) is 9.95. The van der Waals surface area contributed by atoms with Crippen molar-refractivity contribution in [1.29, 1.82) is 0 Å². The number of cyclic esters (lactones) is 1. The molecule has 4 rings (SSSR count). The Morgan fingerprint density at radius 2 is 1.71 bits per heavy atom. The van der Waals surface area contributed by atoms with Gasteiger partial charge in [0.1, 0.15) is 12.2 Å². The van der Waals surface area contributed by atoms with Crippen molar-refractivity contribution in [3.05, 3.63) is 47.1 Å². The molecule has 5 atom stereocenters. The number of carbonyl (C=O) groups is 2. The molecule has 1 N–H and O–H groups in total. The number of piperazine rings is 1. The molecule has 45 heavy (non-hydrogen) atoms. The van der Waals surface area contributed by atoms with Gasteiger partial charge in [-0.3, -0.25) is 4.79 Å². The molecule has 3 aliphatic rings. The highest BCUT2D eigenvalue weighted by Gasteiger charge is 2.33. The number of nitrogens with zero attached hydrogens (tertiary/aromatic N) is 3. The summed E-state index contributed by atoms with van der Waals surface area (Å²) in [5.74, 6) is -1.14. The second kappa shape index (κ2) is 15.5. The molecule has 0 spiro atoms. The van der Waals surface area contributed by atoms with Crippen LogP contribution in [0.3, 0.4) is 0 Å². The molecule has 9 nitrogen and oxygen atoms in total. The van der Waals surface area contributed by atoms with E-state index in [0.717, 1.165) is 25.2 Å². The highest BCUT2D eigenvalue weighted by molar-refractivity contribution is 5.71. The van der Waals surface area contributed by atoms with Gasteiger partial charge in [-0.05, 0) is 68.1 Å². The third-order valence-electron chi connectivity index (χ3n) is 8.74. The van der Waals surface area contributed by atoms with Gasteiger partial charge in [0.2, 0.25) is 0 Å². The lowest BCUT2D eigenvalue weighted by molar-refractivity contribution is -0.151. The maximum atomic E-state index is 13.9. The average molecular weight is 638 g/mol. The fourth-order valence-corrected chi connectivity index (χ4v) is 5.86. The van der Waals surface area contributed by atoms with Gasteiger partial charge in [0, 0.05) is 50.9 Å². The predicted octanol–water partition coefficient (Wildman–Crippen LogP) is 4.98. The number of likely N-dealkylation sites (N-methyl/N-ethyl adjacent to an activating group) is 1. The lowest BCUT2D eigenvalue weighted by atomic mass is 9.91. The van der Waals surface area contributed by atoms with Gasteiger partial charge in [-0.1, -0.05) is 26.0 Å². The molecule has 2 fully saturated rings. The Hall–Kier alpha value is -3.09. The van der Waals surface area contributed by atoms with Crippen LogP contribution in [0.1, 0.15) is 51.2 Å². The van der Waals surface area contributed by atoms with Gasteiger partial charge in [0.15, 0.2) is 0 Å². The van der Waals surface area contributed by atoms with E-state index in [0.29, 0.717) is 69.1 Å². The number of halogens is 3. The van der Waals surface area contributed by atoms with E-state index >= 15 is 0 Å². The molecule has 0 aliphatic carbocycles. The Kier molecular flexibility index (Phi) is 12.0. The van der Waals surface area contributed by atoms with E-state index in [9.17, 15) is 27.9 Å². The smallest absolute Gasteiger partial charge is 0.416 e. The van der Waals surface area contributed by atoms with Crippen molar-refractivity contribution in [1.82, 2.24) is 9.80 Å². The first-order chi connectivity index (χ1) is 21.3. The second-order valence-electron chi connectivity index (χ2n) is 12.5. The first kappa shape index (κ1) is 34.8. The fraction of sp³-hybridized carbons (Fsp3) is 0.636. The number of alkyl halides is 3. The van der Waals surface area contributed by atoms with Gasteiger partial charge in [-0.15, -0.1) is 0 Å². The van der Waals surface area contributed by atoms with E-state index in [1.807, 2.05) is 31.9 Å². The predicted molar refractivity (Wildman–Crippen MR) is 165 cm³/mol. The maximum Gasteiger partial charge on any atom is 0.416 e. The summed E-state index contributed by atoms with van der Waals surface area (Å²) in [5.41, 5.74) is 0.544. The highest BCUT2D eigenvalue weighted by atomic mass is 19.4. The van der Waals surface area contributed by atoms with Crippen LogP contribution in [0.2, 0.25) is 0 Å². The Labute approximate surface area is 263 Å². The summed E-state index contributed by atoms with van der Waals surface area (Å²) in [6, 6.07) is 3.93. The van der Waals surface area contributed by atoms with E-state index in [4.69, 9.17) is 14.2 Å². The summed E-state index contributed by atoms with van der Waals surface area (Å²) in [4.78, 5) is 31.6. The largest absolute Gasteiger partial charge is 0.457 e. The van der Waals surface area contributed by atoms with Crippen molar-refractivity contribution >= 4 is 23.8 Å². The zero-order valence-corrected chi connectivity index (χ0v) is 26.6. The van der Waals surface area contributed by atoms with Crippen LogP contribution in [-0.2, 0) is 25.2 Å². The standard InChI is InChI=1S/C33H46F3N3O6/c1-22-5-7-28(40)21-30(41)45-31(23(2)6-8-29(22)44-32(42)39-11-9-37(4)10-12-39)24(3)17-25-18-26(33(34,35)36)20-27(19-25)38-13-15-43-16-14-38/h6,8,17-20,22-23,28-29,31,40H,5,7,9-16,21H2,1-4H3/b8-6+,24-17+/t22-,23-,28+,29+,31-/m0/s1. The summed E-state index contributed by atoms with van der Waals surface area (Å²) >= 11 is 0. The fourth-order valence-electron chi connectivity index (χ4n) is 5.86. The molecule has 2 saturated heterocycles. The molecule has 0 saturated carbocycles. The molecule has 0 bridgehead atoms. The van der Waals surface area contributed by atoms with E-state index in [1.165, 1.54) is 0 Å². The molecule has 0 unspecified atom stereocenters. The first-order valence-electron chi connectivity index (χ1n) is 15.7. The van der Waals surface area contributed by atoms with Crippen molar-refractivity contribution in [2.24, 2.45) is 11.8 Å². The quantitative estimate of drug-likeness (QED) is 0.365. The Bertz CT molecular complexity index is 1220. The van der Waals surface area contributed by atoms with Crippen LogP contribution < -0.4 is 4.90 Å². The Balaban J connectivity index is 1.62. The van der Waals surface area contributed by atoms with Gasteiger partial charge in [-0.25, -0.2) is 4.79 Å². The average Bonchev–Trinajstić information content (AvgIpc) is 3.00. The number of aliphatic hydroxyl groups is 1. The minimum absolute atomic E-state index is 0.131. The molecule has 0 radical (unpaired) electrons. The van der Waals surface area contributed by atoms with Crippen LogP contribution in [0.4, 0.5) is 23.7 Å². The first-order valence-corrected chi connectivity index (χ1v) is 15.7. The highest BCUT2D eigenvalue weighted by Crippen LogP contribution is 2.34. The van der Waals surface area contributed by atoms with Crippen LogP contribution >= 0.6 is 0 Å². The Morgan fingerprint density at radius 1 is 1.02 bits per heavy atom. The van der Waals surface area contributed by atoms with Crippen molar-refractivity contribution in [3.63, 3.8) is 0 Å². The number of anilines is 1. The second-order valence-corrected chi connectivity index (χ2v) is 12.5. The van der Waals surface area contributed by atoms with Crippen LogP contribution in [0.25, 0.3) is 6.08 Å². The number of morpholine rings is 1. The normalized spacial score (nSPS) is 28.9. The minimum atomic E-state index is -4.54. The van der Waals surface area contributed by atoms with Crippen molar-refractivity contribution in [2.75, 3.05) is 64.4 Å². The number of amides is 1. The lowest BCUT2D eigenvalue weighted by Gasteiger charge is -2.33. The van der Waals surface area contributed by atoms with Gasteiger partial charge < -0.3 is 34.0 Å². The minimum Gasteiger partial charge on any atom is -0.457 e. The number of hydrogen-bond acceptors (Lipinski definition) is 8. The van der Waals surface area contributed by atoms with E-state index in [1.54, 1.807) is 30.0 Å².